The molecule has 0 saturated heterocycles. The van der Waals surface area contributed by atoms with Crippen molar-refractivity contribution in [1.29, 1.82) is 5.26 Å². The summed E-state index contributed by atoms with van der Waals surface area (Å²) in [4.78, 5) is 26.6. The van der Waals surface area contributed by atoms with Gasteiger partial charge in [-0.2, -0.15) is 17.9 Å². The van der Waals surface area contributed by atoms with E-state index in [1.807, 2.05) is 6.19 Å². The van der Waals surface area contributed by atoms with Crippen molar-refractivity contribution in [2.75, 3.05) is 13.6 Å². The third-order valence-electron chi connectivity index (χ3n) is 1.83. The van der Waals surface area contributed by atoms with Gasteiger partial charge in [0.1, 0.15) is 0 Å². The third kappa shape index (κ3) is 4.79. The number of ketones is 2. The van der Waals surface area contributed by atoms with Gasteiger partial charge in [-0.25, -0.2) is 4.90 Å². The first-order valence-electron chi connectivity index (χ1n) is 4.53. The molecule has 7 heteroatoms. The molecule has 2 N–H and O–H groups in total. The molecule has 16 heavy (non-hydrogen) atoms. The highest BCUT2D eigenvalue weighted by atomic mass is 32.1. The monoisotopic (exact) mass is 242 g/mol. The van der Waals surface area contributed by atoms with Crippen LogP contribution in [0.4, 0.5) is 0 Å². The van der Waals surface area contributed by atoms with Crippen molar-refractivity contribution in [2.24, 2.45) is 10.7 Å². The van der Waals surface area contributed by atoms with Gasteiger partial charge in [-0.3, -0.25) is 14.6 Å². The number of nitriles is 1. The Morgan fingerprint density at radius 1 is 1.62 bits per heavy atom. The fraction of sp³-hybridized carbons (Fsp3) is 0.556. The lowest BCUT2D eigenvalue weighted by molar-refractivity contribution is -0.135. The number of nitrogens with zero attached hydrogens (tertiary/aromatic N) is 3. The first kappa shape index (κ1) is 14.5. The number of nitrogens with two attached hydrogens (primary N) is 1. The Labute approximate surface area is 99.5 Å². The lowest BCUT2D eigenvalue weighted by Crippen LogP contribution is -2.38. The van der Waals surface area contributed by atoms with Crippen LogP contribution in [0.5, 0.6) is 0 Å². The van der Waals surface area contributed by atoms with Crippen LogP contribution in [0.15, 0.2) is 4.99 Å². The quantitative estimate of drug-likeness (QED) is 0.170. The molecule has 0 aromatic heterocycles. The van der Waals surface area contributed by atoms with Gasteiger partial charge in [0.25, 0.3) is 0 Å². The molecule has 0 fully saturated rings. The van der Waals surface area contributed by atoms with Crippen molar-refractivity contribution in [1.82, 2.24) is 4.90 Å². The summed E-state index contributed by atoms with van der Waals surface area (Å²) in [7, 11) is 1.45. The van der Waals surface area contributed by atoms with Crippen LogP contribution in [0, 0.1) is 11.5 Å². The van der Waals surface area contributed by atoms with Crippen LogP contribution in [-0.4, -0.2) is 41.3 Å². The molecule has 0 rings (SSSR count). The molecule has 0 aromatic rings. The second-order valence-electron chi connectivity index (χ2n) is 3.13. The fourth-order valence-electron chi connectivity index (χ4n) is 0.939. The van der Waals surface area contributed by atoms with Crippen LogP contribution in [0.3, 0.4) is 0 Å². The summed E-state index contributed by atoms with van der Waals surface area (Å²) in [5.74, 6) is -0.971. The number of hydrogen-bond acceptors (Lipinski definition) is 5. The van der Waals surface area contributed by atoms with E-state index in [0.29, 0.717) is 0 Å². The zero-order valence-electron chi connectivity index (χ0n) is 9.17. The molecule has 0 heterocycles. The summed E-state index contributed by atoms with van der Waals surface area (Å²) in [6.07, 6.45) is 1.80. The minimum absolute atomic E-state index is 0.0202. The third-order valence-corrected chi connectivity index (χ3v) is 2.18. The average molecular weight is 242 g/mol. The second-order valence-corrected chi connectivity index (χ2v) is 3.86. The molecule has 1 unspecified atom stereocenters. The van der Waals surface area contributed by atoms with E-state index in [4.69, 9.17) is 11.0 Å². The van der Waals surface area contributed by atoms with Gasteiger partial charge < -0.3 is 5.73 Å². The highest BCUT2D eigenvalue weighted by molar-refractivity contribution is 7.81. The summed E-state index contributed by atoms with van der Waals surface area (Å²) in [5, 5.41) is 8.32. The summed E-state index contributed by atoms with van der Waals surface area (Å²) < 4.78 is 0. The summed E-state index contributed by atoms with van der Waals surface area (Å²) in [6.45, 7) is 1.34. The summed E-state index contributed by atoms with van der Waals surface area (Å²) >= 11 is 4.11. The molecule has 0 radical (unpaired) electrons. The zero-order chi connectivity index (χ0) is 12.7. The largest absolute Gasteiger partial charge is 0.369 e. The average Bonchev–Trinajstić information content (AvgIpc) is 2.24. The Balaban J connectivity index is 4.34. The zero-order valence-corrected chi connectivity index (χ0v) is 10.1. The second kappa shape index (κ2) is 6.85. The number of thiol groups is 1. The lowest BCUT2D eigenvalue weighted by atomic mass is 10.1. The van der Waals surface area contributed by atoms with E-state index in [-0.39, 0.29) is 18.9 Å². The van der Waals surface area contributed by atoms with E-state index < -0.39 is 16.8 Å². The van der Waals surface area contributed by atoms with Gasteiger partial charge in [0.2, 0.25) is 5.96 Å². The Kier molecular flexibility index (Phi) is 6.18. The Hall–Kier alpha value is -1.55. The predicted octanol–water partition coefficient (Wildman–Crippen LogP) is -0.439. The maximum atomic E-state index is 11.1. The van der Waals surface area contributed by atoms with E-state index >= 15 is 0 Å². The maximum absolute atomic E-state index is 11.1. The normalized spacial score (nSPS) is 12.8. The van der Waals surface area contributed by atoms with Crippen LogP contribution in [0.1, 0.15) is 13.3 Å². The van der Waals surface area contributed by atoms with Gasteiger partial charge in [-0.05, 0) is 0 Å². The van der Waals surface area contributed by atoms with Crippen molar-refractivity contribution in [3.05, 3.63) is 0 Å². The Morgan fingerprint density at radius 3 is 2.56 bits per heavy atom. The number of rotatable bonds is 5. The number of carbonyl (C=O) groups is 2. The Bertz CT molecular complexity index is 348. The number of carbonyl (C=O) groups excluding carboxylic acids is 2. The van der Waals surface area contributed by atoms with Gasteiger partial charge in [0, 0.05) is 32.2 Å². The van der Waals surface area contributed by atoms with Crippen LogP contribution in [0.2, 0.25) is 0 Å². The standard InChI is InChI=1S/C9H14N4O2S/c1-6(14)8(15)3-7(16)4-13(5-10)9(11)12-2/h7,16H,3-4H2,1-2H3,(H2,11,12). The summed E-state index contributed by atoms with van der Waals surface area (Å²) in [6, 6.07) is 0. The highest BCUT2D eigenvalue weighted by Gasteiger charge is 2.17. The lowest BCUT2D eigenvalue weighted by Gasteiger charge is -2.17. The highest BCUT2D eigenvalue weighted by Crippen LogP contribution is 2.05. The SMILES string of the molecule is CN=C(N)N(C#N)CC(S)CC(=O)C(C)=O. The van der Waals surface area contributed by atoms with Crippen molar-refractivity contribution < 1.29 is 9.59 Å². The number of guanidine groups is 1. The van der Waals surface area contributed by atoms with Gasteiger partial charge >= 0.3 is 0 Å². The van der Waals surface area contributed by atoms with E-state index in [1.54, 1.807) is 0 Å². The van der Waals surface area contributed by atoms with E-state index in [2.05, 4.69) is 17.6 Å². The molecule has 0 aromatic carbocycles. The first-order valence-corrected chi connectivity index (χ1v) is 5.05. The van der Waals surface area contributed by atoms with Crippen molar-refractivity contribution in [3.63, 3.8) is 0 Å². The van der Waals surface area contributed by atoms with Gasteiger partial charge in [-0.15, -0.1) is 0 Å². The molecule has 0 saturated carbocycles. The topological polar surface area (TPSA) is 99.5 Å². The minimum atomic E-state index is -0.514. The Morgan fingerprint density at radius 2 is 2.19 bits per heavy atom. The van der Waals surface area contributed by atoms with Gasteiger partial charge in [0.15, 0.2) is 17.8 Å². The van der Waals surface area contributed by atoms with Crippen LogP contribution in [0.25, 0.3) is 0 Å². The van der Waals surface area contributed by atoms with Crippen molar-refractivity contribution in [2.45, 2.75) is 18.6 Å². The minimum Gasteiger partial charge on any atom is -0.369 e. The molecule has 88 valence electrons. The molecule has 0 aliphatic heterocycles. The van der Waals surface area contributed by atoms with Crippen LogP contribution >= 0.6 is 12.6 Å². The van der Waals surface area contributed by atoms with E-state index in [1.165, 1.54) is 14.0 Å². The molecule has 0 aliphatic rings. The van der Waals surface area contributed by atoms with Gasteiger partial charge in [-0.1, -0.05) is 0 Å². The molecule has 0 spiro atoms. The molecule has 0 aliphatic carbocycles. The van der Waals surface area contributed by atoms with Crippen molar-refractivity contribution >= 4 is 30.2 Å². The predicted molar refractivity (Wildman–Crippen MR) is 62.9 cm³/mol. The first-order chi connectivity index (χ1) is 7.42. The molecular formula is C9H14N4O2S. The van der Waals surface area contributed by atoms with Gasteiger partial charge in [0.05, 0.1) is 0 Å². The van der Waals surface area contributed by atoms with Crippen LogP contribution < -0.4 is 5.73 Å². The fourth-order valence-corrected chi connectivity index (χ4v) is 1.27. The number of Topliss-reactive ketones (excluding diaryl/α,β-unsaturated/α-hetero) is 2. The van der Waals surface area contributed by atoms with E-state index in [0.717, 1.165) is 4.90 Å². The number of hydrogen-bond donors (Lipinski definition) is 2. The molecule has 1 atom stereocenters. The van der Waals surface area contributed by atoms with Crippen LogP contribution in [-0.2, 0) is 9.59 Å². The molecule has 6 nitrogen and oxygen atoms in total. The maximum Gasteiger partial charge on any atom is 0.204 e. The number of aliphatic imine (C=N–C) groups is 1. The molecule has 0 bridgehead atoms. The van der Waals surface area contributed by atoms with E-state index in [9.17, 15) is 9.59 Å². The molecule has 0 amide bonds. The summed E-state index contributed by atoms with van der Waals surface area (Å²) in [5.41, 5.74) is 5.43. The van der Waals surface area contributed by atoms with Crippen molar-refractivity contribution in [3.8, 4) is 6.19 Å². The smallest absolute Gasteiger partial charge is 0.204 e. The molecular weight excluding hydrogens is 228 g/mol.